The van der Waals surface area contributed by atoms with Crippen molar-refractivity contribution < 1.29 is 4.39 Å². The monoisotopic (exact) mass is 298 g/mol. The summed E-state index contributed by atoms with van der Waals surface area (Å²) in [6.45, 7) is 0. The van der Waals surface area contributed by atoms with Gasteiger partial charge in [0.25, 0.3) is 0 Å². The van der Waals surface area contributed by atoms with Gasteiger partial charge in [-0.25, -0.2) is 4.39 Å². The van der Waals surface area contributed by atoms with Crippen LogP contribution in [0.5, 0.6) is 0 Å². The maximum atomic E-state index is 14.0. The van der Waals surface area contributed by atoms with Gasteiger partial charge in [-0.1, -0.05) is 48.0 Å². The number of pyridine rings is 1. The van der Waals surface area contributed by atoms with Crippen LogP contribution < -0.4 is 5.73 Å². The summed E-state index contributed by atoms with van der Waals surface area (Å²) in [5.74, 6) is -0.319. The highest BCUT2D eigenvalue weighted by Gasteiger charge is 2.14. The molecular weight excluding hydrogens is 287 g/mol. The number of benzene rings is 2. The largest absolute Gasteiger partial charge is 0.396 e. The molecule has 0 bridgehead atoms. The van der Waals surface area contributed by atoms with Crippen LogP contribution >= 0.6 is 11.6 Å². The van der Waals surface area contributed by atoms with Crippen molar-refractivity contribution in [2.24, 2.45) is 0 Å². The molecule has 21 heavy (non-hydrogen) atoms. The maximum absolute atomic E-state index is 14.0. The molecule has 3 aromatic rings. The van der Waals surface area contributed by atoms with E-state index < -0.39 is 0 Å². The lowest BCUT2D eigenvalue weighted by atomic mass is 10.0. The minimum absolute atomic E-state index is 0.319. The smallest absolute Gasteiger partial charge is 0.131 e. The van der Waals surface area contributed by atoms with E-state index in [0.717, 1.165) is 5.56 Å². The zero-order valence-corrected chi connectivity index (χ0v) is 11.8. The third-order valence-electron chi connectivity index (χ3n) is 3.28. The molecule has 0 aliphatic carbocycles. The molecule has 1 aromatic heterocycles. The van der Waals surface area contributed by atoms with E-state index in [-0.39, 0.29) is 5.82 Å². The molecule has 3 rings (SSSR count). The Morgan fingerprint density at radius 2 is 1.52 bits per heavy atom. The second-order valence-corrected chi connectivity index (χ2v) is 4.99. The van der Waals surface area contributed by atoms with E-state index in [1.807, 2.05) is 18.2 Å². The maximum Gasteiger partial charge on any atom is 0.131 e. The minimum Gasteiger partial charge on any atom is -0.396 e. The van der Waals surface area contributed by atoms with Crippen molar-refractivity contribution in [2.45, 2.75) is 0 Å². The Balaban J connectivity index is 2.21. The number of hydrogen-bond donors (Lipinski definition) is 1. The molecule has 0 radical (unpaired) electrons. The van der Waals surface area contributed by atoms with Gasteiger partial charge in [0.1, 0.15) is 5.82 Å². The Labute approximate surface area is 127 Å². The number of nitrogens with two attached hydrogens (primary N) is 1. The fourth-order valence-electron chi connectivity index (χ4n) is 2.26. The van der Waals surface area contributed by atoms with Gasteiger partial charge in [-0.05, 0) is 18.2 Å². The van der Waals surface area contributed by atoms with Crippen LogP contribution in [-0.4, -0.2) is 4.98 Å². The van der Waals surface area contributed by atoms with E-state index in [2.05, 4.69) is 4.98 Å². The van der Waals surface area contributed by atoms with E-state index in [9.17, 15) is 4.39 Å². The fourth-order valence-corrected chi connectivity index (χ4v) is 2.48. The molecule has 2 nitrogen and oxygen atoms in total. The molecule has 104 valence electrons. The molecule has 4 heteroatoms. The number of nitrogens with zero attached hydrogens (tertiary/aromatic N) is 1. The first-order valence-electron chi connectivity index (χ1n) is 6.43. The SMILES string of the molecule is Nc1c(-c2ccccc2F)ccnc1-c1ccccc1Cl. The average molecular weight is 299 g/mol. The molecule has 0 fully saturated rings. The summed E-state index contributed by atoms with van der Waals surface area (Å²) < 4.78 is 14.0. The second kappa shape index (κ2) is 5.54. The summed E-state index contributed by atoms with van der Waals surface area (Å²) in [6.07, 6.45) is 1.61. The van der Waals surface area contributed by atoms with Crippen molar-refractivity contribution in [1.82, 2.24) is 4.98 Å². The first-order valence-corrected chi connectivity index (χ1v) is 6.80. The molecule has 0 spiro atoms. The summed E-state index contributed by atoms with van der Waals surface area (Å²) in [6, 6.07) is 15.5. The fraction of sp³-hybridized carbons (Fsp3) is 0. The molecule has 0 atom stereocenters. The van der Waals surface area contributed by atoms with Crippen molar-refractivity contribution in [1.29, 1.82) is 0 Å². The zero-order valence-electron chi connectivity index (χ0n) is 11.1. The van der Waals surface area contributed by atoms with Gasteiger partial charge in [-0.2, -0.15) is 0 Å². The minimum atomic E-state index is -0.319. The molecular formula is C17H12ClFN2. The highest BCUT2D eigenvalue weighted by molar-refractivity contribution is 6.33. The van der Waals surface area contributed by atoms with Crippen molar-refractivity contribution in [3.05, 3.63) is 71.6 Å². The quantitative estimate of drug-likeness (QED) is 0.738. The van der Waals surface area contributed by atoms with Gasteiger partial charge in [0.05, 0.1) is 16.4 Å². The van der Waals surface area contributed by atoms with Gasteiger partial charge in [0.15, 0.2) is 0 Å². The number of rotatable bonds is 2. The third kappa shape index (κ3) is 2.48. The normalized spacial score (nSPS) is 10.6. The zero-order chi connectivity index (χ0) is 14.8. The Hall–Kier alpha value is -2.39. The number of nitrogen functional groups attached to an aromatic ring is 1. The van der Waals surface area contributed by atoms with Crippen LogP contribution in [0.3, 0.4) is 0 Å². The van der Waals surface area contributed by atoms with Crippen LogP contribution in [-0.2, 0) is 0 Å². The summed E-state index contributed by atoms with van der Waals surface area (Å²) in [5.41, 5.74) is 8.96. The summed E-state index contributed by atoms with van der Waals surface area (Å²) >= 11 is 6.19. The molecule has 0 aliphatic heterocycles. The molecule has 0 unspecified atom stereocenters. The number of aromatic nitrogens is 1. The van der Waals surface area contributed by atoms with E-state index >= 15 is 0 Å². The van der Waals surface area contributed by atoms with E-state index in [1.54, 1.807) is 36.5 Å². The first kappa shape index (κ1) is 13.6. The van der Waals surface area contributed by atoms with Crippen LogP contribution in [0.2, 0.25) is 5.02 Å². The van der Waals surface area contributed by atoms with Crippen molar-refractivity contribution in [3.8, 4) is 22.4 Å². The standard InChI is InChI=1S/C17H12ClFN2/c18-14-7-3-1-6-13(14)17-16(20)12(9-10-21-17)11-5-2-4-8-15(11)19/h1-10H,20H2. The van der Waals surface area contributed by atoms with Gasteiger partial charge >= 0.3 is 0 Å². The van der Waals surface area contributed by atoms with Crippen LogP contribution in [0.4, 0.5) is 10.1 Å². The number of halogens is 2. The van der Waals surface area contributed by atoms with Crippen molar-refractivity contribution in [3.63, 3.8) is 0 Å². The van der Waals surface area contributed by atoms with E-state index in [4.69, 9.17) is 17.3 Å². The lowest BCUT2D eigenvalue weighted by Gasteiger charge is -2.12. The number of hydrogen-bond acceptors (Lipinski definition) is 2. The van der Waals surface area contributed by atoms with Gasteiger partial charge in [0.2, 0.25) is 0 Å². The topological polar surface area (TPSA) is 38.9 Å². The van der Waals surface area contributed by atoms with E-state index in [0.29, 0.717) is 27.5 Å². The highest BCUT2D eigenvalue weighted by Crippen LogP contribution is 2.36. The lowest BCUT2D eigenvalue weighted by molar-refractivity contribution is 0.631. The van der Waals surface area contributed by atoms with Gasteiger partial charge in [-0.3, -0.25) is 4.98 Å². The van der Waals surface area contributed by atoms with Crippen LogP contribution in [0.1, 0.15) is 0 Å². The molecule has 0 saturated carbocycles. The van der Waals surface area contributed by atoms with Crippen molar-refractivity contribution in [2.75, 3.05) is 5.73 Å². The predicted octanol–water partition coefficient (Wildman–Crippen LogP) is 4.79. The molecule has 0 saturated heterocycles. The Morgan fingerprint density at radius 3 is 2.24 bits per heavy atom. The lowest BCUT2D eigenvalue weighted by Crippen LogP contribution is -1.98. The Morgan fingerprint density at radius 1 is 0.857 bits per heavy atom. The predicted molar refractivity (Wildman–Crippen MR) is 84.5 cm³/mol. The third-order valence-corrected chi connectivity index (χ3v) is 3.61. The van der Waals surface area contributed by atoms with Gasteiger partial charge < -0.3 is 5.73 Å². The average Bonchev–Trinajstić information content (AvgIpc) is 2.49. The van der Waals surface area contributed by atoms with Gasteiger partial charge in [0, 0.05) is 22.9 Å². The summed E-state index contributed by atoms with van der Waals surface area (Å²) in [5, 5.41) is 0.558. The first-order chi connectivity index (χ1) is 10.2. The number of anilines is 1. The highest BCUT2D eigenvalue weighted by atomic mass is 35.5. The molecule has 2 aromatic carbocycles. The molecule has 0 amide bonds. The van der Waals surface area contributed by atoms with E-state index in [1.165, 1.54) is 6.07 Å². The van der Waals surface area contributed by atoms with Crippen LogP contribution in [0.15, 0.2) is 60.8 Å². The summed E-state index contributed by atoms with van der Waals surface area (Å²) in [4.78, 5) is 4.29. The van der Waals surface area contributed by atoms with Crippen LogP contribution in [0, 0.1) is 5.82 Å². The molecule has 2 N–H and O–H groups in total. The second-order valence-electron chi connectivity index (χ2n) is 4.58. The Bertz CT molecular complexity index is 739. The van der Waals surface area contributed by atoms with Crippen LogP contribution in [0.25, 0.3) is 22.4 Å². The molecule has 1 heterocycles. The Kier molecular flexibility index (Phi) is 3.59. The molecule has 0 aliphatic rings. The van der Waals surface area contributed by atoms with Gasteiger partial charge in [-0.15, -0.1) is 0 Å². The summed E-state index contributed by atoms with van der Waals surface area (Å²) in [7, 11) is 0. The van der Waals surface area contributed by atoms with Crippen molar-refractivity contribution >= 4 is 17.3 Å².